The highest BCUT2D eigenvalue weighted by Crippen LogP contribution is 2.14. The quantitative estimate of drug-likeness (QED) is 0.399. The molecular formula is C20H19FN4O2. The van der Waals surface area contributed by atoms with Gasteiger partial charge in [0.2, 0.25) is 5.91 Å². The Kier molecular flexibility index (Phi) is 7.08. The van der Waals surface area contributed by atoms with E-state index in [1.54, 1.807) is 36.4 Å². The highest BCUT2D eigenvalue weighted by atomic mass is 19.1. The molecule has 138 valence electrons. The summed E-state index contributed by atoms with van der Waals surface area (Å²) in [5, 5.41) is 17.3. The van der Waals surface area contributed by atoms with Crippen molar-refractivity contribution in [1.29, 1.82) is 5.26 Å². The van der Waals surface area contributed by atoms with Crippen LogP contribution in [0, 0.1) is 17.1 Å². The van der Waals surface area contributed by atoms with E-state index in [1.807, 2.05) is 6.07 Å². The molecular weight excluding hydrogens is 347 g/mol. The molecule has 0 spiro atoms. The van der Waals surface area contributed by atoms with Crippen molar-refractivity contribution in [3.8, 4) is 6.07 Å². The Morgan fingerprint density at radius 1 is 1.11 bits per heavy atom. The first-order valence-corrected chi connectivity index (χ1v) is 8.25. The molecule has 27 heavy (non-hydrogen) atoms. The number of nitriles is 1. The van der Waals surface area contributed by atoms with E-state index in [-0.39, 0.29) is 17.3 Å². The molecule has 0 atom stereocenters. The zero-order valence-corrected chi connectivity index (χ0v) is 14.8. The van der Waals surface area contributed by atoms with Crippen molar-refractivity contribution in [1.82, 2.24) is 5.32 Å². The fourth-order valence-corrected chi connectivity index (χ4v) is 2.27. The molecule has 0 radical (unpaired) electrons. The summed E-state index contributed by atoms with van der Waals surface area (Å²) < 4.78 is 13.1. The van der Waals surface area contributed by atoms with Gasteiger partial charge < -0.3 is 16.0 Å². The largest absolute Gasteiger partial charge is 0.389 e. The Morgan fingerprint density at radius 3 is 2.37 bits per heavy atom. The number of rotatable bonds is 7. The van der Waals surface area contributed by atoms with E-state index in [9.17, 15) is 14.0 Å². The van der Waals surface area contributed by atoms with Gasteiger partial charge in [0.1, 0.15) is 17.5 Å². The van der Waals surface area contributed by atoms with Crippen molar-refractivity contribution in [2.24, 2.45) is 0 Å². The lowest BCUT2D eigenvalue weighted by molar-refractivity contribution is -0.114. The van der Waals surface area contributed by atoms with E-state index in [0.717, 1.165) is 5.56 Å². The van der Waals surface area contributed by atoms with Gasteiger partial charge in [-0.25, -0.2) is 4.39 Å². The summed E-state index contributed by atoms with van der Waals surface area (Å²) in [6, 6.07) is 14.6. The first-order valence-electron chi connectivity index (χ1n) is 8.25. The van der Waals surface area contributed by atoms with E-state index in [1.165, 1.54) is 25.3 Å². The summed E-state index contributed by atoms with van der Waals surface area (Å²) in [7, 11) is 0. The molecule has 2 aromatic rings. The molecule has 6 nitrogen and oxygen atoms in total. The number of halogens is 1. The molecule has 0 saturated heterocycles. The average molecular weight is 366 g/mol. The second-order valence-electron chi connectivity index (χ2n) is 5.72. The van der Waals surface area contributed by atoms with Gasteiger partial charge in [0.25, 0.3) is 5.91 Å². The highest BCUT2D eigenvalue weighted by Gasteiger charge is 2.09. The van der Waals surface area contributed by atoms with Gasteiger partial charge >= 0.3 is 0 Å². The van der Waals surface area contributed by atoms with Gasteiger partial charge in [-0.15, -0.1) is 0 Å². The van der Waals surface area contributed by atoms with Crippen molar-refractivity contribution in [3.63, 3.8) is 0 Å². The van der Waals surface area contributed by atoms with Crippen LogP contribution in [0.4, 0.5) is 15.8 Å². The van der Waals surface area contributed by atoms with Crippen molar-refractivity contribution in [2.75, 3.05) is 17.2 Å². The second kappa shape index (κ2) is 9.73. The van der Waals surface area contributed by atoms with Crippen LogP contribution in [-0.2, 0) is 16.0 Å². The predicted octanol–water partition coefficient (Wildman–Crippen LogP) is 2.96. The summed E-state index contributed by atoms with van der Waals surface area (Å²) in [5.41, 5.74) is 1.84. The normalized spacial score (nSPS) is 10.6. The Hall–Kier alpha value is -3.66. The monoisotopic (exact) mass is 366 g/mol. The first-order chi connectivity index (χ1) is 13.0. The molecule has 7 heteroatoms. The van der Waals surface area contributed by atoms with E-state index < -0.39 is 5.91 Å². The zero-order valence-electron chi connectivity index (χ0n) is 14.8. The minimum Gasteiger partial charge on any atom is -0.389 e. The van der Waals surface area contributed by atoms with Gasteiger partial charge in [0.05, 0.1) is 0 Å². The predicted molar refractivity (Wildman–Crippen MR) is 101 cm³/mol. The summed E-state index contributed by atoms with van der Waals surface area (Å²) in [4.78, 5) is 23.1. The molecule has 3 N–H and O–H groups in total. The van der Waals surface area contributed by atoms with Crippen LogP contribution in [-0.4, -0.2) is 18.4 Å². The van der Waals surface area contributed by atoms with Gasteiger partial charge in [-0.1, -0.05) is 12.1 Å². The minimum atomic E-state index is -0.553. The number of carbonyl (C=O) groups excluding carboxylic acids is 2. The maximum Gasteiger partial charge on any atom is 0.267 e. The van der Waals surface area contributed by atoms with Crippen molar-refractivity contribution in [2.45, 2.75) is 13.3 Å². The molecule has 2 aromatic carbocycles. The van der Waals surface area contributed by atoms with Crippen LogP contribution in [0.25, 0.3) is 0 Å². The number of nitrogens with one attached hydrogen (secondary N) is 3. The minimum absolute atomic E-state index is 0.0832. The Bertz CT molecular complexity index is 886. The van der Waals surface area contributed by atoms with Crippen LogP contribution < -0.4 is 16.0 Å². The molecule has 0 bridgehead atoms. The fourth-order valence-electron chi connectivity index (χ4n) is 2.27. The van der Waals surface area contributed by atoms with Gasteiger partial charge in [-0.05, 0) is 48.4 Å². The van der Waals surface area contributed by atoms with Gasteiger partial charge in [0.15, 0.2) is 0 Å². The van der Waals surface area contributed by atoms with Crippen LogP contribution in [0.1, 0.15) is 12.5 Å². The van der Waals surface area contributed by atoms with Crippen LogP contribution in [0.3, 0.4) is 0 Å². The zero-order chi connectivity index (χ0) is 19.6. The van der Waals surface area contributed by atoms with Crippen molar-refractivity contribution >= 4 is 23.2 Å². The molecule has 0 fully saturated rings. The van der Waals surface area contributed by atoms with E-state index in [0.29, 0.717) is 24.3 Å². The molecule has 0 aromatic heterocycles. The molecule has 0 saturated carbocycles. The molecule has 0 aliphatic carbocycles. The van der Waals surface area contributed by atoms with Gasteiger partial charge in [-0.2, -0.15) is 5.26 Å². The summed E-state index contributed by atoms with van der Waals surface area (Å²) in [5.74, 6) is -1.04. The molecule has 2 amide bonds. The number of hydrogen-bond donors (Lipinski definition) is 3. The van der Waals surface area contributed by atoms with E-state index in [4.69, 9.17) is 5.26 Å². The lowest BCUT2D eigenvalue weighted by Gasteiger charge is -2.07. The van der Waals surface area contributed by atoms with Crippen molar-refractivity contribution < 1.29 is 14.0 Å². The molecule has 0 unspecified atom stereocenters. The molecule has 0 aliphatic heterocycles. The lowest BCUT2D eigenvalue weighted by Crippen LogP contribution is -2.18. The number of anilines is 2. The number of benzene rings is 2. The summed E-state index contributed by atoms with van der Waals surface area (Å²) >= 11 is 0. The highest BCUT2D eigenvalue weighted by molar-refractivity contribution is 6.06. The standard InChI is InChI=1S/C20H19FN4O2/c1-14(26)24-18-5-7-19(8-6-18)25-20(27)16(12-22)13-23-10-9-15-3-2-4-17(21)11-15/h2-8,11,13,23H,9-10H2,1H3,(H,24,26)(H,25,27)/b16-13-. The third kappa shape index (κ3) is 6.63. The fraction of sp³-hybridized carbons (Fsp3) is 0.150. The topological polar surface area (TPSA) is 94.0 Å². The smallest absolute Gasteiger partial charge is 0.267 e. The van der Waals surface area contributed by atoms with Gasteiger partial charge in [0, 0.05) is 31.0 Å². The molecule has 0 aliphatic rings. The van der Waals surface area contributed by atoms with E-state index >= 15 is 0 Å². The lowest BCUT2D eigenvalue weighted by atomic mass is 10.1. The molecule has 0 heterocycles. The van der Waals surface area contributed by atoms with Crippen LogP contribution in [0.15, 0.2) is 60.3 Å². The van der Waals surface area contributed by atoms with Crippen LogP contribution in [0.5, 0.6) is 0 Å². The molecule has 2 rings (SSSR count). The Balaban J connectivity index is 1.88. The van der Waals surface area contributed by atoms with Crippen molar-refractivity contribution in [3.05, 3.63) is 71.7 Å². The SMILES string of the molecule is CC(=O)Nc1ccc(NC(=O)/C(C#N)=C\NCCc2cccc(F)c2)cc1. The second-order valence-corrected chi connectivity index (χ2v) is 5.72. The first kappa shape index (κ1) is 19.7. The Morgan fingerprint density at radius 2 is 1.78 bits per heavy atom. The van der Waals surface area contributed by atoms with Crippen LogP contribution >= 0.6 is 0 Å². The number of hydrogen-bond acceptors (Lipinski definition) is 4. The third-order valence-corrected chi connectivity index (χ3v) is 3.52. The van der Waals surface area contributed by atoms with E-state index in [2.05, 4.69) is 16.0 Å². The number of carbonyl (C=O) groups is 2. The Labute approximate surface area is 156 Å². The number of nitrogens with zero attached hydrogens (tertiary/aromatic N) is 1. The number of amides is 2. The maximum atomic E-state index is 13.1. The average Bonchev–Trinajstić information content (AvgIpc) is 2.63. The summed E-state index contributed by atoms with van der Waals surface area (Å²) in [6.07, 6.45) is 1.89. The van der Waals surface area contributed by atoms with Gasteiger partial charge in [-0.3, -0.25) is 9.59 Å². The summed E-state index contributed by atoms with van der Waals surface area (Å²) in [6.45, 7) is 1.86. The maximum absolute atomic E-state index is 13.1. The van der Waals surface area contributed by atoms with Crippen LogP contribution in [0.2, 0.25) is 0 Å². The third-order valence-electron chi connectivity index (χ3n) is 3.52.